The summed E-state index contributed by atoms with van der Waals surface area (Å²) in [7, 11) is -1.73. The highest BCUT2D eigenvalue weighted by molar-refractivity contribution is 6.74. The molecule has 0 aromatic carbocycles. The normalized spacial score (nSPS) is 25.9. The molecule has 1 aliphatic rings. The largest absolute Gasteiger partial charge is 0.404 e. The van der Waals surface area contributed by atoms with E-state index in [1.807, 2.05) is 6.08 Å². The monoisotopic (exact) mass is 252 g/mol. The van der Waals surface area contributed by atoms with E-state index in [0.29, 0.717) is 0 Å². The van der Waals surface area contributed by atoms with Gasteiger partial charge in [0.1, 0.15) is 0 Å². The van der Waals surface area contributed by atoms with Crippen LogP contribution in [0.1, 0.15) is 47.0 Å². The Morgan fingerprint density at radius 1 is 1.47 bits per heavy atom. The van der Waals surface area contributed by atoms with Crippen LogP contribution >= 0.6 is 0 Å². The van der Waals surface area contributed by atoms with E-state index < -0.39 is 8.32 Å². The molecule has 0 aromatic heterocycles. The Bertz CT molecular complexity index is 322. The van der Waals surface area contributed by atoms with Crippen molar-refractivity contribution in [2.24, 2.45) is 0 Å². The topological polar surface area (TPSA) is 9.23 Å². The van der Waals surface area contributed by atoms with Crippen molar-refractivity contribution in [2.45, 2.75) is 70.7 Å². The maximum absolute atomic E-state index is 6.66. The minimum absolute atomic E-state index is 0.169. The Balaban J connectivity index is 2.99. The summed E-state index contributed by atoms with van der Waals surface area (Å²) in [5.74, 6) is 0. The van der Waals surface area contributed by atoms with E-state index in [4.69, 9.17) is 4.43 Å². The van der Waals surface area contributed by atoms with Crippen molar-refractivity contribution < 1.29 is 4.43 Å². The van der Waals surface area contributed by atoms with Gasteiger partial charge < -0.3 is 4.43 Å². The minimum atomic E-state index is -1.73. The average Bonchev–Trinajstić information content (AvgIpc) is 2.59. The molecule has 0 unspecified atom stereocenters. The standard InChI is InChI=1S/C15H28OSi/c1-8-13-11-10-12-15(13,9-2)16-17(6,7)14(3,4)5/h9,11H,2,8,10,12H2,1,3-7H3/t15-/m1/s1. The van der Waals surface area contributed by atoms with Crippen molar-refractivity contribution in [1.29, 1.82) is 0 Å². The molecule has 0 spiro atoms. The Morgan fingerprint density at radius 3 is 2.47 bits per heavy atom. The third-order valence-corrected chi connectivity index (χ3v) is 8.89. The Hall–Kier alpha value is -0.343. The Labute approximate surface area is 108 Å². The summed E-state index contributed by atoms with van der Waals surface area (Å²) in [6, 6.07) is 0. The third-order valence-electron chi connectivity index (χ3n) is 4.40. The van der Waals surface area contributed by atoms with Crippen LogP contribution in [0.4, 0.5) is 0 Å². The molecular formula is C15H28OSi. The van der Waals surface area contributed by atoms with Crippen molar-refractivity contribution in [3.63, 3.8) is 0 Å². The first-order chi connectivity index (χ1) is 7.68. The number of allylic oxidation sites excluding steroid dienone is 1. The highest BCUT2D eigenvalue weighted by Gasteiger charge is 2.45. The van der Waals surface area contributed by atoms with Gasteiger partial charge in [-0.1, -0.05) is 46.4 Å². The van der Waals surface area contributed by atoms with Gasteiger partial charge in [-0.2, -0.15) is 0 Å². The second-order valence-electron chi connectivity index (χ2n) is 6.58. The fraction of sp³-hybridized carbons (Fsp3) is 0.733. The molecule has 0 bridgehead atoms. The second kappa shape index (κ2) is 4.73. The van der Waals surface area contributed by atoms with Crippen molar-refractivity contribution in [3.8, 4) is 0 Å². The fourth-order valence-corrected chi connectivity index (χ4v) is 3.77. The molecule has 0 fully saturated rings. The van der Waals surface area contributed by atoms with Gasteiger partial charge in [0.05, 0.1) is 5.60 Å². The van der Waals surface area contributed by atoms with Gasteiger partial charge in [-0.25, -0.2) is 0 Å². The van der Waals surface area contributed by atoms with Crippen molar-refractivity contribution in [1.82, 2.24) is 0 Å². The van der Waals surface area contributed by atoms with E-state index in [0.717, 1.165) is 19.3 Å². The van der Waals surface area contributed by atoms with E-state index in [1.54, 1.807) is 0 Å². The molecule has 0 saturated heterocycles. The molecule has 0 aromatic rings. The van der Waals surface area contributed by atoms with E-state index in [9.17, 15) is 0 Å². The molecule has 0 aliphatic heterocycles. The summed E-state index contributed by atoms with van der Waals surface area (Å²) >= 11 is 0. The summed E-state index contributed by atoms with van der Waals surface area (Å²) in [6.45, 7) is 17.8. The first-order valence-corrected chi connectivity index (χ1v) is 9.62. The predicted octanol–water partition coefficient (Wildman–Crippen LogP) is 5.06. The molecule has 0 heterocycles. The van der Waals surface area contributed by atoms with Gasteiger partial charge >= 0.3 is 0 Å². The van der Waals surface area contributed by atoms with Crippen LogP contribution in [0.2, 0.25) is 18.1 Å². The molecule has 1 nitrogen and oxygen atoms in total. The van der Waals surface area contributed by atoms with E-state index in [2.05, 4.69) is 53.4 Å². The van der Waals surface area contributed by atoms with Crippen LogP contribution in [-0.4, -0.2) is 13.9 Å². The molecule has 0 saturated carbocycles. The molecular weight excluding hydrogens is 224 g/mol. The maximum Gasteiger partial charge on any atom is 0.193 e. The van der Waals surface area contributed by atoms with E-state index >= 15 is 0 Å². The summed E-state index contributed by atoms with van der Waals surface area (Å²) in [6.07, 6.45) is 7.65. The van der Waals surface area contributed by atoms with Crippen LogP contribution in [0.3, 0.4) is 0 Å². The predicted molar refractivity (Wildman–Crippen MR) is 78.8 cm³/mol. The Morgan fingerprint density at radius 2 is 2.06 bits per heavy atom. The summed E-state index contributed by atoms with van der Waals surface area (Å²) < 4.78 is 6.66. The highest BCUT2D eigenvalue weighted by Crippen LogP contribution is 2.45. The third kappa shape index (κ3) is 2.74. The van der Waals surface area contributed by atoms with Gasteiger partial charge in [0.15, 0.2) is 8.32 Å². The average molecular weight is 252 g/mol. The fourth-order valence-electron chi connectivity index (χ4n) is 2.24. The summed E-state index contributed by atoms with van der Waals surface area (Å²) in [4.78, 5) is 0. The van der Waals surface area contributed by atoms with Crippen LogP contribution in [0.15, 0.2) is 24.3 Å². The lowest BCUT2D eigenvalue weighted by Crippen LogP contribution is -2.49. The van der Waals surface area contributed by atoms with Gasteiger partial charge in [-0.05, 0) is 43.0 Å². The molecule has 1 rings (SSSR count). The number of rotatable bonds is 4. The van der Waals surface area contributed by atoms with Gasteiger partial charge in [0, 0.05) is 0 Å². The van der Waals surface area contributed by atoms with Crippen molar-refractivity contribution in [2.75, 3.05) is 0 Å². The molecule has 0 radical (unpaired) electrons. The minimum Gasteiger partial charge on any atom is -0.404 e. The van der Waals surface area contributed by atoms with Gasteiger partial charge in [-0.15, -0.1) is 0 Å². The van der Waals surface area contributed by atoms with Crippen LogP contribution in [0.25, 0.3) is 0 Å². The molecule has 98 valence electrons. The van der Waals surface area contributed by atoms with Crippen LogP contribution < -0.4 is 0 Å². The smallest absolute Gasteiger partial charge is 0.193 e. The summed E-state index contributed by atoms with van der Waals surface area (Å²) in [5.41, 5.74) is 1.26. The van der Waals surface area contributed by atoms with E-state index in [1.165, 1.54) is 5.57 Å². The SMILES string of the molecule is C=C[C@@]1(O[Si](C)(C)C(C)(C)C)CCC=C1CC. The zero-order valence-corrected chi connectivity index (χ0v) is 13.4. The van der Waals surface area contributed by atoms with Gasteiger partial charge in [0.2, 0.25) is 0 Å². The lowest BCUT2D eigenvalue weighted by molar-refractivity contribution is 0.137. The molecule has 0 N–H and O–H groups in total. The van der Waals surface area contributed by atoms with Crippen LogP contribution in [0, 0.1) is 0 Å². The lowest BCUT2D eigenvalue weighted by Gasteiger charge is -2.44. The first-order valence-electron chi connectivity index (χ1n) is 6.72. The molecule has 17 heavy (non-hydrogen) atoms. The summed E-state index contributed by atoms with van der Waals surface area (Å²) in [5, 5.41) is 0.254. The molecule has 2 heteroatoms. The first kappa shape index (κ1) is 14.7. The van der Waals surface area contributed by atoms with Gasteiger partial charge in [-0.3, -0.25) is 0 Å². The van der Waals surface area contributed by atoms with Crippen molar-refractivity contribution in [3.05, 3.63) is 24.3 Å². The Kier molecular flexibility index (Phi) is 4.10. The van der Waals surface area contributed by atoms with Crippen LogP contribution in [-0.2, 0) is 4.43 Å². The molecule has 0 amide bonds. The van der Waals surface area contributed by atoms with E-state index in [-0.39, 0.29) is 10.6 Å². The zero-order valence-electron chi connectivity index (χ0n) is 12.4. The molecule has 1 aliphatic carbocycles. The number of hydrogen-bond donors (Lipinski definition) is 0. The second-order valence-corrected chi connectivity index (χ2v) is 11.3. The lowest BCUT2D eigenvalue weighted by atomic mass is 9.94. The van der Waals surface area contributed by atoms with Crippen molar-refractivity contribution >= 4 is 8.32 Å². The maximum atomic E-state index is 6.66. The van der Waals surface area contributed by atoms with Gasteiger partial charge in [0.25, 0.3) is 0 Å². The molecule has 1 atom stereocenters. The number of hydrogen-bond acceptors (Lipinski definition) is 1. The van der Waals surface area contributed by atoms with Crippen LogP contribution in [0.5, 0.6) is 0 Å². The zero-order chi connectivity index (χ0) is 13.3. The highest BCUT2D eigenvalue weighted by atomic mass is 28.4. The quantitative estimate of drug-likeness (QED) is 0.502.